The molecule has 0 unspecified atom stereocenters. The lowest BCUT2D eigenvalue weighted by molar-refractivity contribution is -0.385. The third-order valence-electron chi connectivity index (χ3n) is 4.20. The van der Waals surface area contributed by atoms with Gasteiger partial charge in [0, 0.05) is 23.7 Å². The highest BCUT2D eigenvalue weighted by molar-refractivity contribution is 7.99. The maximum Gasteiger partial charge on any atom is 0.273 e. The Morgan fingerprint density at radius 2 is 2.00 bits per heavy atom. The Morgan fingerprint density at radius 1 is 1.26 bits per heavy atom. The highest BCUT2D eigenvalue weighted by Gasteiger charge is 2.17. The van der Waals surface area contributed by atoms with Gasteiger partial charge in [0.25, 0.3) is 11.2 Å². The van der Waals surface area contributed by atoms with Gasteiger partial charge in [0.15, 0.2) is 10.9 Å². The number of fused-ring (bicyclic) bond motifs is 1. The SMILES string of the molecule is CCn1c(SCC(=O)c2ccc(C)c([N+](=O)[O-])c2)nc2ccccc2c1=O. The maximum absolute atomic E-state index is 12.6. The average molecular weight is 383 g/mol. The van der Waals surface area contributed by atoms with E-state index >= 15 is 0 Å². The highest BCUT2D eigenvalue weighted by Crippen LogP contribution is 2.23. The zero-order valence-corrected chi connectivity index (χ0v) is 15.7. The van der Waals surface area contributed by atoms with Crippen molar-refractivity contribution in [3.63, 3.8) is 0 Å². The molecule has 0 bridgehead atoms. The van der Waals surface area contributed by atoms with Crippen LogP contribution in [-0.4, -0.2) is 26.0 Å². The van der Waals surface area contributed by atoms with Gasteiger partial charge in [0.2, 0.25) is 0 Å². The molecule has 7 nitrogen and oxygen atoms in total. The van der Waals surface area contributed by atoms with Crippen LogP contribution in [0.3, 0.4) is 0 Å². The topological polar surface area (TPSA) is 95.1 Å². The second kappa shape index (κ2) is 7.71. The van der Waals surface area contributed by atoms with Crippen molar-refractivity contribution in [3.8, 4) is 0 Å². The number of aromatic nitrogens is 2. The molecule has 27 heavy (non-hydrogen) atoms. The molecule has 0 fully saturated rings. The Kier molecular flexibility index (Phi) is 5.36. The van der Waals surface area contributed by atoms with E-state index in [1.807, 2.05) is 6.92 Å². The van der Waals surface area contributed by atoms with Crippen molar-refractivity contribution in [2.75, 3.05) is 5.75 Å². The van der Waals surface area contributed by atoms with Crippen molar-refractivity contribution in [3.05, 3.63) is 74.1 Å². The van der Waals surface area contributed by atoms with E-state index in [9.17, 15) is 19.7 Å². The van der Waals surface area contributed by atoms with Gasteiger partial charge in [-0.2, -0.15) is 0 Å². The Bertz CT molecular complexity index is 1110. The lowest BCUT2D eigenvalue weighted by Crippen LogP contribution is -2.22. The van der Waals surface area contributed by atoms with Crippen LogP contribution in [0.25, 0.3) is 10.9 Å². The number of Topliss-reactive ketones (excluding diaryl/α,β-unsaturated/α-hetero) is 1. The lowest BCUT2D eigenvalue weighted by Gasteiger charge is -2.11. The quantitative estimate of drug-likeness (QED) is 0.212. The van der Waals surface area contributed by atoms with E-state index in [2.05, 4.69) is 4.98 Å². The zero-order chi connectivity index (χ0) is 19.6. The first-order chi connectivity index (χ1) is 12.9. The van der Waals surface area contributed by atoms with Crippen LogP contribution in [0.2, 0.25) is 0 Å². The fourth-order valence-corrected chi connectivity index (χ4v) is 3.69. The lowest BCUT2D eigenvalue weighted by atomic mass is 10.1. The molecule has 0 spiro atoms. The summed E-state index contributed by atoms with van der Waals surface area (Å²) in [7, 11) is 0. The number of hydrogen-bond acceptors (Lipinski definition) is 6. The van der Waals surface area contributed by atoms with E-state index in [1.54, 1.807) is 43.3 Å². The van der Waals surface area contributed by atoms with Crippen molar-refractivity contribution in [1.82, 2.24) is 9.55 Å². The minimum absolute atomic E-state index is 0.0327. The number of rotatable bonds is 6. The standard InChI is InChI=1S/C19H17N3O4S/c1-3-21-18(24)14-6-4-5-7-15(14)20-19(21)27-11-17(23)13-9-8-12(2)16(10-13)22(25)26/h4-10H,3,11H2,1-2H3. The molecule has 2 aromatic carbocycles. The van der Waals surface area contributed by atoms with E-state index in [0.29, 0.717) is 28.2 Å². The number of thioether (sulfide) groups is 1. The summed E-state index contributed by atoms with van der Waals surface area (Å²) in [5.74, 6) is -0.224. The van der Waals surface area contributed by atoms with Crippen LogP contribution in [0.5, 0.6) is 0 Å². The Morgan fingerprint density at radius 3 is 2.70 bits per heavy atom. The first-order valence-electron chi connectivity index (χ1n) is 8.33. The van der Waals surface area contributed by atoms with Gasteiger partial charge in [-0.15, -0.1) is 0 Å². The van der Waals surface area contributed by atoms with Crippen molar-refractivity contribution < 1.29 is 9.72 Å². The third kappa shape index (κ3) is 3.75. The molecule has 1 heterocycles. The Hall–Kier alpha value is -3.00. The molecule has 0 amide bonds. The third-order valence-corrected chi connectivity index (χ3v) is 5.18. The highest BCUT2D eigenvalue weighted by atomic mass is 32.2. The van der Waals surface area contributed by atoms with Crippen LogP contribution in [0, 0.1) is 17.0 Å². The van der Waals surface area contributed by atoms with Crippen LogP contribution >= 0.6 is 11.8 Å². The van der Waals surface area contributed by atoms with Gasteiger partial charge in [-0.05, 0) is 26.0 Å². The predicted molar refractivity (Wildman–Crippen MR) is 105 cm³/mol. The molecule has 0 atom stereocenters. The van der Waals surface area contributed by atoms with Gasteiger partial charge >= 0.3 is 0 Å². The summed E-state index contributed by atoms with van der Waals surface area (Å²) in [6, 6.07) is 11.5. The summed E-state index contributed by atoms with van der Waals surface area (Å²) in [6.45, 7) is 3.90. The number of nitro benzene ring substituents is 1. The van der Waals surface area contributed by atoms with E-state index in [1.165, 1.54) is 10.6 Å². The number of carbonyl (C=O) groups excluding carboxylic acids is 1. The Labute approximate surface area is 159 Å². The van der Waals surface area contributed by atoms with E-state index < -0.39 is 4.92 Å². The fourth-order valence-electron chi connectivity index (χ4n) is 2.73. The molecule has 3 rings (SSSR count). The summed E-state index contributed by atoms with van der Waals surface area (Å²) in [5, 5.41) is 12.0. The molecule has 138 valence electrons. The number of aryl methyl sites for hydroxylation is 1. The molecule has 0 aliphatic heterocycles. The van der Waals surface area contributed by atoms with Crippen LogP contribution < -0.4 is 5.56 Å². The predicted octanol–water partition coefficient (Wildman–Crippen LogP) is 3.61. The second-order valence-corrected chi connectivity index (χ2v) is 6.87. The van der Waals surface area contributed by atoms with Crippen LogP contribution in [0.15, 0.2) is 52.4 Å². The van der Waals surface area contributed by atoms with Crippen molar-refractivity contribution in [2.45, 2.75) is 25.5 Å². The normalized spacial score (nSPS) is 10.9. The number of ketones is 1. The molecular weight excluding hydrogens is 366 g/mol. The fraction of sp³-hybridized carbons (Fsp3) is 0.211. The van der Waals surface area contributed by atoms with Crippen LogP contribution in [0.4, 0.5) is 5.69 Å². The largest absolute Gasteiger partial charge is 0.293 e. The summed E-state index contributed by atoms with van der Waals surface area (Å²) in [4.78, 5) is 40.2. The maximum atomic E-state index is 12.6. The van der Waals surface area contributed by atoms with Gasteiger partial charge in [-0.1, -0.05) is 36.0 Å². The number of benzene rings is 2. The summed E-state index contributed by atoms with van der Waals surface area (Å²) in [5.41, 5.74) is 1.11. The first-order valence-corrected chi connectivity index (χ1v) is 9.31. The molecule has 8 heteroatoms. The van der Waals surface area contributed by atoms with Gasteiger partial charge in [0.1, 0.15) is 0 Å². The summed E-state index contributed by atoms with van der Waals surface area (Å²) < 4.78 is 1.53. The smallest absolute Gasteiger partial charge is 0.273 e. The van der Waals surface area contributed by atoms with E-state index in [-0.39, 0.29) is 28.3 Å². The zero-order valence-electron chi connectivity index (χ0n) is 14.8. The number of carbonyl (C=O) groups is 1. The van der Waals surface area contributed by atoms with E-state index in [0.717, 1.165) is 11.8 Å². The van der Waals surface area contributed by atoms with E-state index in [4.69, 9.17) is 0 Å². The molecule has 3 aromatic rings. The molecule has 0 radical (unpaired) electrons. The Balaban J connectivity index is 1.89. The molecular formula is C19H17N3O4S. The molecule has 0 aliphatic carbocycles. The molecule has 0 saturated carbocycles. The van der Waals surface area contributed by atoms with Gasteiger partial charge in [0.05, 0.1) is 21.6 Å². The number of hydrogen-bond donors (Lipinski definition) is 0. The van der Waals surface area contributed by atoms with Crippen LogP contribution in [0.1, 0.15) is 22.8 Å². The number of nitro groups is 1. The van der Waals surface area contributed by atoms with Crippen LogP contribution in [-0.2, 0) is 6.54 Å². The van der Waals surface area contributed by atoms with Gasteiger partial charge in [-0.3, -0.25) is 24.3 Å². The first kappa shape index (κ1) is 18.8. The average Bonchev–Trinajstić information content (AvgIpc) is 2.66. The summed E-state index contributed by atoms with van der Waals surface area (Å²) in [6.07, 6.45) is 0. The monoisotopic (exact) mass is 383 g/mol. The molecule has 0 saturated heterocycles. The molecule has 0 aliphatic rings. The minimum atomic E-state index is -0.501. The van der Waals surface area contributed by atoms with Crippen molar-refractivity contribution in [1.29, 1.82) is 0 Å². The van der Waals surface area contributed by atoms with Crippen molar-refractivity contribution >= 4 is 34.1 Å². The molecule has 0 N–H and O–H groups in total. The second-order valence-electron chi connectivity index (χ2n) is 5.93. The minimum Gasteiger partial charge on any atom is -0.293 e. The van der Waals surface area contributed by atoms with Gasteiger partial charge in [-0.25, -0.2) is 4.98 Å². The van der Waals surface area contributed by atoms with Crippen molar-refractivity contribution in [2.24, 2.45) is 0 Å². The molecule has 1 aromatic heterocycles. The number of para-hydroxylation sites is 1. The van der Waals surface area contributed by atoms with Gasteiger partial charge < -0.3 is 0 Å². The number of nitrogens with zero attached hydrogens (tertiary/aromatic N) is 3. The summed E-state index contributed by atoms with van der Waals surface area (Å²) >= 11 is 1.15.